The molecule has 8 heteroatoms. The number of allylic oxidation sites excluding steroid dienone is 1. The standard InChI is InChI=1S/C17H19ClN2O3.2ClH/c18-13-5-1-4-11-12(17(22)23)10-20(16(11)13)9-3-6-14-15(21)7-2-8-19-14;;/h1,3-6,10,14-15,19,21H,2,7-9H2,(H,22,23);2*1H/b6-3+;;/t14-,15+;;/m1../s1. The lowest BCUT2D eigenvalue weighted by molar-refractivity contribution is 0.0699. The molecule has 138 valence electrons. The summed E-state index contributed by atoms with van der Waals surface area (Å²) in [4.78, 5) is 11.4. The maximum atomic E-state index is 11.4. The number of para-hydroxylation sites is 1. The lowest BCUT2D eigenvalue weighted by atomic mass is 10.0. The number of aromatic nitrogens is 1. The molecule has 0 radical (unpaired) electrons. The van der Waals surface area contributed by atoms with E-state index in [9.17, 15) is 15.0 Å². The second-order valence-electron chi connectivity index (χ2n) is 5.75. The third kappa shape index (κ3) is 4.68. The molecule has 0 unspecified atom stereocenters. The molecule has 1 aliphatic rings. The van der Waals surface area contributed by atoms with Gasteiger partial charge in [0.25, 0.3) is 0 Å². The Bertz CT molecular complexity index is 761. The van der Waals surface area contributed by atoms with E-state index in [1.165, 1.54) is 0 Å². The van der Waals surface area contributed by atoms with Crippen LogP contribution in [-0.4, -0.2) is 39.4 Å². The van der Waals surface area contributed by atoms with Crippen molar-refractivity contribution in [3.63, 3.8) is 0 Å². The second kappa shape index (κ2) is 9.46. The van der Waals surface area contributed by atoms with Crippen LogP contribution in [0.25, 0.3) is 10.9 Å². The van der Waals surface area contributed by atoms with E-state index in [0.717, 1.165) is 19.4 Å². The summed E-state index contributed by atoms with van der Waals surface area (Å²) in [6.07, 6.45) is 6.87. The molecule has 5 nitrogen and oxygen atoms in total. The van der Waals surface area contributed by atoms with E-state index in [1.54, 1.807) is 24.4 Å². The summed E-state index contributed by atoms with van der Waals surface area (Å²) in [5.74, 6) is -0.968. The normalized spacial score (nSPS) is 20.2. The number of aliphatic hydroxyl groups is 1. The van der Waals surface area contributed by atoms with Gasteiger partial charge < -0.3 is 20.1 Å². The summed E-state index contributed by atoms with van der Waals surface area (Å²) in [6, 6.07) is 5.21. The minimum absolute atomic E-state index is 0. The van der Waals surface area contributed by atoms with Crippen molar-refractivity contribution in [3.05, 3.63) is 47.1 Å². The van der Waals surface area contributed by atoms with Crippen LogP contribution >= 0.6 is 36.4 Å². The highest BCUT2D eigenvalue weighted by Gasteiger charge is 2.19. The van der Waals surface area contributed by atoms with Crippen LogP contribution in [-0.2, 0) is 6.54 Å². The van der Waals surface area contributed by atoms with Gasteiger partial charge >= 0.3 is 5.97 Å². The first-order valence-corrected chi connectivity index (χ1v) is 8.04. The van der Waals surface area contributed by atoms with Gasteiger partial charge in [-0.3, -0.25) is 0 Å². The number of halogens is 3. The second-order valence-corrected chi connectivity index (χ2v) is 6.16. The molecule has 1 fully saturated rings. The Kier molecular flexibility index (Phi) is 8.25. The monoisotopic (exact) mass is 406 g/mol. The molecule has 25 heavy (non-hydrogen) atoms. The van der Waals surface area contributed by atoms with Crippen molar-refractivity contribution in [2.75, 3.05) is 6.54 Å². The molecule has 1 aromatic heterocycles. The third-order valence-electron chi connectivity index (χ3n) is 4.20. The number of benzene rings is 1. The third-order valence-corrected chi connectivity index (χ3v) is 4.50. The molecule has 2 atom stereocenters. The smallest absolute Gasteiger partial charge is 0.337 e. The molecule has 2 aromatic rings. The number of nitrogens with zero attached hydrogens (tertiary/aromatic N) is 1. The number of carbonyl (C=O) groups is 1. The SMILES string of the molecule is Cl.Cl.O=C(O)c1cn(C/C=C/[C@H]2NCCC[C@@H]2O)c2c(Cl)cccc12. The Balaban J connectivity index is 0.00000156. The minimum Gasteiger partial charge on any atom is -0.478 e. The summed E-state index contributed by atoms with van der Waals surface area (Å²) in [6.45, 7) is 1.39. The summed E-state index contributed by atoms with van der Waals surface area (Å²) < 4.78 is 1.83. The van der Waals surface area contributed by atoms with E-state index < -0.39 is 5.97 Å². The predicted octanol–water partition coefficient (Wildman–Crippen LogP) is 3.51. The van der Waals surface area contributed by atoms with Gasteiger partial charge in [0.1, 0.15) is 0 Å². The number of carboxylic acids is 1. The Hall–Kier alpha value is -1.24. The predicted molar refractivity (Wildman–Crippen MR) is 105 cm³/mol. The molecule has 1 saturated heterocycles. The molecule has 1 aliphatic heterocycles. The molecule has 2 heterocycles. The molecule has 1 aromatic carbocycles. The van der Waals surface area contributed by atoms with Gasteiger partial charge in [-0.1, -0.05) is 35.9 Å². The van der Waals surface area contributed by atoms with Gasteiger partial charge in [-0.2, -0.15) is 0 Å². The van der Waals surface area contributed by atoms with Gasteiger partial charge in [0.15, 0.2) is 0 Å². The number of carboxylic acid groups (broad SMARTS) is 1. The van der Waals surface area contributed by atoms with Crippen LogP contribution in [0.1, 0.15) is 23.2 Å². The van der Waals surface area contributed by atoms with Crippen molar-refractivity contribution >= 4 is 53.3 Å². The van der Waals surface area contributed by atoms with E-state index in [0.29, 0.717) is 22.5 Å². The molecule has 0 bridgehead atoms. The Morgan fingerprint density at radius 1 is 1.40 bits per heavy atom. The van der Waals surface area contributed by atoms with Crippen LogP contribution in [0.4, 0.5) is 0 Å². The van der Waals surface area contributed by atoms with E-state index >= 15 is 0 Å². The summed E-state index contributed by atoms with van der Waals surface area (Å²) in [5, 5.41) is 23.7. The largest absolute Gasteiger partial charge is 0.478 e. The fourth-order valence-corrected chi connectivity index (χ4v) is 3.32. The Morgan fingerprint density at radius 2 is 2.16 bits per heavy atom. The van der Waals surface area contributed by atoms with Gasteiger partial charge in [0, 0.05) is 18.1 Å². The molecule has 0 spiro atoms. The molecular formula is C17H21Cl3N2O3. The summed E-state index contributed by atoms with van der Waals surface area (Å²) in [7, 11) is 0. The van der Waals surface area contributed by atoms with Crippen molar-refractivity contribution in [1.29, 1.82) is 0 Å². The highest BCUT2D eigenvalue weighted by atomic mass is 35.5. The van der Waals surface area contributed by atoms with Crippen LogP contribution in [0, 0.1) is 0 Å². The summed E-state index contributed by atoms with van der Waals surface area (Å²) >= 11 is 6.24. The average Bonchev–Trinajstić information content (AvgIpc) is 2.90. The number of piperidine rings is 1. The van der Waals surface area contributed by atoms with Crippen molar-refractivity contribution in [1.82, 2.24) is 9.88 Å². The molecule has 0 amide bonds. The average molecular weight is 408 g/mol. The zero-order valence-electron chi connectivity index (χ0n) is 13.4. The zero-order valence-corrected chi connectivity index (χ0v) is 15.8. The fourth-order valence-electron chi connectivity index (χ4n) is 3.04. The van der Waals surface area contributed by atoms with E-state index in [-0.39, 0.29) is 42.5 Å². The fraction of sp³-hybridized carbons (Fsp3) is 0.353. The molecule has 3 N–H and O–H groups in total. The number of hydrogen-bond donors (Lipinski definition) is 3. The van der Waals surface area contributed by atoms with E-state index in [1.807, 2.05) is 16.7 Å². The number of aromatic carboxylic acids is 1. The van der Waals surface area contributed by atoms with Gasteiger partial charge in [0.2, 0.25) is 0 Å². The highest BCUT2D eigenvalue weighted by molar-refractivity contribution is 6.35. The van der Waals surface area contributed by atoms with E-state index in [2.05, 4.69) is 5.32 Å². The number of fused-ring (bicyclic) bond motifs is 1. The van der Waals surface area contributed by atoms with Gasteiger partial charge in [-0.05, 0) is 25.5 Å². The van der Waals surface area contributed by atoms with Crippen molar-refractivity contribution in [2.24, 2.45) is 0 Å². The molecular weight excluding hydrogens is 387 g/mol. The van der Waals surface area contributed by atoms with Gasteiger partial charge in [-0.25, -0.2) is 4.79 Å². The minimum atomic E-state index is -0.968. The maximum Gasteiger partial charge on any atom is 0.337 e. The van der Waals surface area contributed by atoms with Crippen LogP contribution in [0.2, 0.25) is 5.02 Å². The first-order chi connectivity index (χ1) is 11.1. The van der Waals surface area contributed by atoms with Crippen LogP contribution in [0.5, 0.6) is 0 Å². The number of hydrogen-bond acceptors (Lipinski definition) is 3. The number of nitrogens with one attached hydrogen (secondary N) is 1. The first-order valence-electron chi connectivity index (χ1n) is 7.66. The first kappa shape index (κ1) is 21.8. The Labute approximate surface area is 163 Å². The highest BCUT2D eigenvalue weighted by Crippen LogP contribution is 2.28. The zero-order chi connectivity index (χ0) is 16.4. The number of aliphatic hydroxyl groups excluding tert-OH is 1. The van der Waals surface area contributed by atoms with Crippen molar-refractivity contribution in [2.45, 2.75) is 31.5 Å². The van der Waals surface area contributed by atoms with E-state index in [4.69, 9.17) is 11.6 Å². The van der Waals surface area contributed by atoms with Crippen LogP contribution in [0.15, 0.2) is 36.5 Å². The van der Waals surface area contributed by atoms with Crippen LogP contribution < -0.4 is 5.32 Å². The topological polar surface area (TPSA) is 74.5 Å². The van der Waals surface area contributed by atoms with Gasteiger partial charge in [-0.15, -0.1) is 24.8 Å². The number of rotatable bonds is 4. The van der Waals surface area contributed by atoms with Crippen molar-refractivity contribution < 1.29 is 15.0 Å². The van der Waals surface area contributed by atoms with Gasteiger partial charge in [0.05, 0.1) is 28.2 Å². The maximum absolute atomic E-state index is 11.4. The lowest BCUT2D eigenvalue weighted by Gasteiger charge is -2.26. The quantitative estimate of drug-likeness (QED) is 0.678. The van der Waals surface area contributed by atoms with Crippen molar-refractivity contribution in [3.8, 4) is 0 Å². The molecule has 3 rings (SSSR count). The molecule has 0 saturated carbocycles. The lowest BCUT2D eigenvalue weighted by Crippen LogP contribution is -2.43. The summed E-state index contributed by atoms with van der Waals surface area (Å²) in [5.41, 5.74) is 0.958. The molecule has 0 aliphatic carbocycles. The van der Waals surface area contributed by atoms with Crippen LogP contribution in [0.3, 0.4) is 0 Å². The Morgan fingerprint density at radius 3 is 2.84 bits per heavy atom.